The zero-order valence-corrected chi connectivity index (χ0v) is 10.5. The van der Waals surface area contributed by atoms with E-state index in [9.17, 15) is 19.2 Å². The van der Waals surface area contributed by atoms with Gasteiger partial charge in [0.1, 0.15) is 6.04 Å². The van der Waals surface area contributed by atoms with Crippen molar-refractivity contribution in [1.82, 2.24) is 10.6 Å². The molecule has 0 aromatic heterocycles. The Kier molecular flexibility index (Phi) is 7.85. The molecule has 0 aliphatic heterocycles. The van der Waals surface area contributed by atoms with Gasteiger partial charge in [-0.15, -0.1) is 0 Å². The molecule has 0 saturated heterocycles. The Morgan fingerprint density at radius 3 is 2.37 bits per heavy atom. The standard InChI is InChI=1S/C10H17N3O6/c1-19-9(16)3-2-6(10(17)18)13-8(15)5-12-7(14)4-11/h6H,2-5,11H2,1H3,(H,12,14)(H,13,15)(H,17,18). The first kappa shape index (κ1) is 16.8. The zero-order valence-electron chi connectivity index (χ0n) is 10.5. The second kappa shape index (κ2) is 8.86. The molecule has 0 fully saturated rings. The van der Waals surface area contributed by atoms with Crippen LogP contribution in [0.5, 0.6) is 0 Å². The van der Waals surface area contributed by atoms with Crippen molar-refractivity contribution < 1.29 is 29.0 Å². The van der Waals surface area contributed by atoms with Gasteiger partial charge >= 0.3 is 11.9 Å². The summed E-state index contributed by atoms with van der Waals surface area (Å²) >= 11 is 0. The molecule has 0 heterocycles. The van der Waals surface area contributed by atoms with Crippen LogP contribution in [0.2, 0.25) is 0 Å². The normalized spacial score (nSPS) is 11.3. The van der Waals surface area contributed by atoms with Crippen molar-refractivity contribution in [3.05, 3.63) is 0 Å². The fourth-order valence-electron chi connectivity index (χ4n) is 1.12. The lowest BCUT2D eigenvalue weighted by molar-refractivity contribution is -0.144. The predicted octanol–water partition coefficient (Wildman–Crippen LogP) is -2.42. The Hall–Kier alpha value is -2.16. The molecule has 5 N–H and O–H groups in total. The summed E-state index contributed by atoms with van der Waals surface area (Å²) in [6.07, 6.45) is -0.235. The third-order valence-corrected chi connectivity index (χ3v) is 2.13. The molecule has 0 radical (unpaired) electrons. The third-order valence-electron chi connectivity index (χ3n) is 2.13. The molecule has 1 unspecified atom stereocenters. The van der Waals surface area contributed by atoms with E-state index in [1.807, 2.05) is 0 Å². The molecule has 0 aliphatic rings. The number of aliphatic carboxylic acids is 1. The molecule has 0 aromatic rings. The van der Waals surface area contributed by atoms with Crippen LogP contribution in [0.1, 0.15) is 12.8 Å². The minimum Gasteiger partial charge on any atom is -0.480 e. The van der Waals surface area contributed by atoms with Crippen molar-refractivity contribution in [3.8, 4) is 0 Å². The van der Waals surface area contributed by atoms with E-state index in [1.54, 1.807) is 0 Å². The summed E-state index contributed by atoms with van der Waals surface area (Å²) in [4.78, 5) is 43.9. The number of carbonyl (C=O) groups excluding carboxylic acids is 3. The predicted molar refractivity (Wildman–Crippen MR) is 62.9 cm³/mol. The average molecular weight is 275 g/mol. The molecule has 19 heavy (non-hydrogen) atoms. The van der Waals surface area contributed by atoms with Crippen LogP contribution < -0.4 is 16.4 Å². The maximum absolute atomic E-state index is 11.3. The number of rotatable bonds is 8. The maximum Gasteiger partial charge on any atom is 0.326 e. The second-order valence-electron chi connectivity index (χ2n) is 3.55. The number of ether oxygens (including phenoxy) is 1. The SMILES string of the molecule is COC(=O)CCC(NC(=O)CNC(=O)CN)C(=O)O. The first-order valence-electron chi connectivity index (χ1n) is 5.46. The summed E-state index contributed by atoms with van der Waals surface area (Å²) in [5.74, 6) is -3.06. The molecule has 0 rings (SSSR count). The molecule has 0 saturated carbocycles. The number of carboxylic acids is 1. The number of nitrogens with two attached hydrogens (primary N) is 1. The van der Waals surface area contributed by atoms with Crippen molar-refractivity contribution in [2.45, 2.75) is 18.9 Å². The van der Waals surface area contributed by atoms with Gasteiger partial charge in [0.15, 0.2) is 0 Å². The number of hydrogen-bond donors (Lipinski definition) is 4. The lowest BCUT2D eigenvalue weighted by atomic mass is 10.1. The molecule has 2 amide bonds. The summed E-state index contributed by atoms with van der Waals surface area (Å²) < 4.78 is 4.36. The Balaban J connectivity index is 4.19. The minimum absolute atomic E-state index is 0.0986. The third kappa shape index (κ3) is 7.71. The van der Waals surface area contributed by atoms with Crippen molar-refractivity contribution in [3.63, 3.8) is 0 Å². The first-order chi connectivity index (χ1) is 8.90. The highest BCUT2D eigenvalue weighted by Crippen LogP contribution is 1.99. The fraction of sp³-hybridized carbons (Fsp3) is 0.600. The topological polar surface area (TPSA) is 148 Å². The highest BCUT2D eigenvalue weighted by Gasteiger charge is 2.21. The number of nitrogens with one attached hydrogen (secondary N) is 2. The zero-order chi connectivity index (χ0) is 14.8. The summed E-state index contributed by atoms with van der Waals surface area (Å²) in [5, 5.41) is 13.2. The van der Waals surface area contributed by atoms with Crippen molar-refractivity contribution in [2.24, 2.45) is 5.73 Å². The number of carboxylic acid groups (broad SMARTS) is 1. The van der Waals surface area contributed by atoms with Gasteiger partial charge in [0.25, 0.3) is 0 Å². The maximum atomic E-state index is 11.3. The molecular weight excluding hydrogens is 258 g/mol. The number of carbonyl (C=O) groups is 4. The van der Waals surface area contributed by atoms with Gasteiger partial charge in [-0.3, -0.25) is 14.4 Å². The van der Waals surface area contributed by atoms with E-state index in [2.05, 4.69) is 15.4 Å². The fourth-order valence-corrected chi connectivity index (χ4v) is 1.12. The first-order valence-corrected chi connectivity index (χ1v) is 5.46. The highest BCUT2D eigenvalue weighted by molar-refractivity contribution is 5.88. The summed E-state index contributed by atoms with van der Waals surface area (Å²) in [7, 11) is 1.18. The summed E-state index contributed by atoms with van der Waals surface area (Å²) in [6.45, 7) is -0.643. The number of amides is 2. The second-order valence-corrected chi connectivity index (χ2v) is 3.55. The Morgan fingerprint density at radius 2 is 1.89 bits per heavy atom. The van der Waals surface area contributed by atoms with Crippen LogP contribution in [0.15, 0.2) is 0 Å². The summed E-state index contributed by atoms with van der Waals surface area (Å²) in [5.41, 5.74) is 5.01. The van der Waals surface area contributed by atoms with E-state index in [1.165, 1.54) is 7.11 Å². The lowest BCUT2D eigenvalue weighted by Gasteiger charge is -2.14. The van der Waals surface area contributed by atoms with E-state index >= 15 is 0 Å². The minimum atomic E-state index is -1.28. The van der Waals surface area contributed by atoms with Gasteiger partial charge in [-0.2, -0.15) is 0 Å². The molecule has 0 aromatic carbocycles. The number of methoxy groups -OCH3 is 1. The summed E-state index contributed by atoms with van der Waals surface area (Å²) in [6, 6.07) is -1.22. The number of esters is 1. The van der Waals surface area contributed by atoms with Crippen LogP contribution in [0.3, 0.4) is 0 Å². The van der Waals surface area contributed by atoms with Crippen LogP contribution in [-0.2, 0) is 23.9 Å². The molecule has 0 spiro atoms. The molecule has 9 heteroatoms. The van der Waals surface area contributed by atoms with Gasteiger partial charge in [0.2, 0.25) is 11.8 Å². The Labute approximate surface area is 109 Å². The van der Waals surface area contributed by atoms with Crippen molar-refractivity contribution >= 4 is 23.8 Å². The van der Waals surface area contributed by atoms with E-state index in [-0.39, 0.29) is 25.9 Å². The Morgan fingerprint density at radius 1 is 1.26 bits per heavy atom. The number of hydrogen-bond acceptors (Lipinski definition) is 6. The van der Waals surface area contributed by atoms with Gasteiger partial charge in [-0.1, -0.05) is 0 Å². The molecule has 1 atom stereocenters. The van der Waals surface area contributed by atoms with E-state index in [4.69, 9.17) is 10.8 Å². The monoisotopic (exact) mass is 275 g/mol. The van der Waals surface area contributed by atoms with Crippen molar-refractivity contribution in [1.29, 1.82) is 0 Å². The molecular formula is C10H17N3O6. The van der Waals surface area contributed by atoms with Gasteiger partial charge in [-0.25, -0.2) is 4.79 Å². The molecule has 0 bridgehead atoms. The van der Waals surface area contributed by atoms with E-state index < -0.39 is 29.8 Å². The van der Waals surface area contributed by atoms with Crippen LogP contribution in [0, 0.1) is 0 Å². The quantitative estimate of drug-likeness (QED) is 0.360. The van der Waals surface area contributed by atoms with Crippen LogP contribution in [-0.4, -0.2) is 55.1 Å². The van der Waals surface area contributed by atoms with E-state index in [0.29, 0.717) is 0 Å². The van der Waals surface area contributed by atoms with Crippen LogP contribution in [0.4, 0.5) is 0 Å². The van der Waals surface area contributed by atoms with Gasteiger partial charge in [0, 0.05) is 6.42 Å². The smallest absolute Gasteiger partial charge is 0.326 e. The molecule has 0 aliphatic carbocycles. The van der Waals surface area contributed by atoms with Gasteiger partial charge in [-0.05, 0) is 6.42 Å². The van der Waals surface area contributed by atoms with Crippen molar-refractivity contribution in [2.75, 3.05) is 20.2 Å². The highest BCUT2D eigenvalue weighted by atomic mass is 16.5. The Bertz CT molecular complexity index is 357. The van der Waals surface area contributed by atoms with Gasteiger partial charge in [0.05, 0.1) is 20.2 Å². The van der Waals surface area contributed by atoms with E-state index in [0.717, 1.165) is 0 Å². The average Bonchev–Trinajstić information content (AvgIpc) is 2.39. The largest absolute Gasteiger partial charge is 0.480 e. The van der Waals surface area contributed by atoms with Crippen LogP contribution >= 0.6 is 0 Å². The molecule has 9 nitrogen and oxygen atoms in total. The van der Waals surface area contributed by atoms with Crippen LogP contribution in [0.25, 0.3) is 0 Å². The molecule has 108 valence electrons. The lowest BCUT2D eigenvalue weighted by Crippen LogP contribution is -2.46. The van der Waals surface area contributed by atoms with Gasteiger partial charge < -0.3 is 26.2 Å².